The first-order valence-corrected chi connectivity index (χ1v) is 5.83. The van der Waals surface area contributed by atoms with E-state index in [1.165, 1.54) is 0 Å². The van der Waals surface area contributed by atoms with E-state index in [2.05, 4.69) is 24.3 Å². The largest absolute Gasteiger partial charge is 0.314 e. The second-order valence-corrected chi connectivity index (χ2v) is 4.56. The lowest BCUT2D eigenvalue weighted by molar-refractivity contribution is 0.507. The summed E-state index contributed by atoms with van der Waals surface area (Å²) >= 11 is 6.23. The number of hydrogen-bond acceptors (Lipinski definition) is 2. The van der Waals surface area contributed by atoms with Gasteiger partial charge in [-0.3, -0.25) is 4.68 Å². The van der Waals surface area contributed by atoms with Crippen LogP contribution in [0.25, 0.3) is 10.9 Å². The first-order chi connectivity index (χ1) is 7.65. The molecule has 86 valence electrons. The molecule has 1 aromatic heterocycles. The van der Waals surface area contributed by atoms with Gasteiger partial charge in [-0.2, -0.15) is 5.10 Å². The fraction of sp³-hybridized carbons (Fsp3) is 0.417. The smallest absolute Gasteiger partial charge is 0.0941 e. The number of nitrogens with one attached hydrogen (secondary N) is 1. The molecule has 0 bridgehead atoms. The lowest BCUT2D eigenvalue weighted by Gasteiger charge is -2.10. The van der Waals surface area contributed by atoms with Crippen LogP contribution in [-0.2, 0) is 6.54 Å². The predicted octanol–water partition coefficient (Wildman–Crippen LogP) is 2.99. The van der Waals surface area contributed by atoms with Gasteiger partial charge in [0.25, 0.3) is 0 Å². The van der Waals surface area contributed by atoms with Crippen molar-refractivity contribution in [2.45, 2.75) is 26.4 Å². The maximum absolute atomic E-state index is 6.23. The Morgan fingerprint density at radius 1 is 1.44 bits per heavy atom. The molecule has 0 aliphatic heterocycles. The van der Waals surface area contributed by atoms with Crippen LogP contribution < -0.4 is 5.32 Å². The van der Waals surface area contributed by atoms with Gasteiger partial charge in [-0.25, -0.2) is 0 Å². The van der Waals surface area contributed by atoms with Gasteiger partial charge in [-0.1, -0.05) is 17.7 Å². The molecule has 0 aliphatic carbocycles. The van der Waals surface area contributed by atoms with E-state index in [0.29, 0.717) is 6.04 Å². The molecule has 0 atom stereocenters. The third-order valence-corrected chi connectivity index (χ3v) is 2.92. The maximum atomic E-state index is 6.23. The summed E-state index contributed by atoms with van der Waals surface area (Å²) in [6.45, 7) is 5.02. The molecule has 0 radical (unpaired) electrons. The van der Waals surface area contributed by atoms with Crippen LogP contribution in [0.4, 0.5) is 0 Å². The van der Waals surface area contributed by atoms with E-state index >= 15 is 0 Å². The van der Waals surface area contributed by atoms with E-state index in [-0.39, 0.29) is 0 Å². The molecule has 4 heteroatoms. The van der Waals surface area contributed by atoms with Crippen LogP contribution in [0.2, 0.25) is 5.02 Å². The van der Waals surface area contributed by atoms with Crippen LogP contribution in [-0.4, -0.2) is 16.8 Å². The number of nitrogens with zero attached hydrogens (tertiary/aromatic N) is 2. The average molecular weight is 238 g/mol. The molecule has 2 aromatic rings. The molecule has 0 amide bonds. The summed E-state index contributed by atoms with van der Waals surface area (Å²) in [5.74, 6) is 0. The maximum Gasteiger partial charge on any atom is 0.0941 e. The number of fused-ring (bicyclic) bond motifs is 1. The first kappa shape index (κ1) is 11.4. The van der Waals surface area contributed by atoms with E-state index in [4.69, 9.17) is 11.6 Å². The minimum Gasteiger partial charge on any atom is -0.314 e. The van der Waals surface area contributed by atoms with E-state index in [1.54, 1.807) is 0 Å². The van der Waals surface area contributed by atoms with Crippen molar-refractivity contribution in [1.29, 1.82) is 0 Å². The zero-order valence-corrected chi connectivity index (χ0v) is 10.5. The summed E-state index contributed by atoms with van der Waals surface area (Å²) in [5, 5.41) is 9.58. The zero-order chi connectivity index (χ0) is 11.7. The Morgan fingerprint density at radius 2 is 2.19 bits per heavy atom. The van der Waals surface area contributed by atoms with Gasteiger partial charge in [0, 0.05) is 18.0 Å². The number of hydrogen-bond donors (Lipinski definition) is 1. The molecule has 1 N–H and O–H groups in total. The molecule has 0 aliphatic rings. The Bertz CT molecular complexity index is 502. The fourth-order valence-corrected chi connectivity index (χ4v) is 2.22. The SMILES string of the molecule is CNCc1c2c(Cl)cccc2nn1C(C)C. The highest BCUT2D eigenvalue weighted by atomic mass is 35.5. The summed E-state index contributed by atoms with van der Waals surface area (Å²) in [6, 6.07) is 6.19. The molecule has 0 unspecified atom stereocenters. The van der Waals surface area contributed by atoms with Crippen molar-refractivity contribution >= 4 is 22.5 Å². The van der Waals surface area contributed by atoms with E-state index < -0.39 is 0 Å². The number of benzene rings is 1. The molecule has 16 heavy (non-hydrogen) atoms. The molecule has 1 heterocycles. The number of aromatic nitrogens is 2. The van der Waals surface area contributed by atoms with Gasteiger partial charge in [-0.05, 0) is 33.0 Å². The van der Waals surface area contributed by atoms with Gasteiger partial charge >= 0.3 is 0 Å². The molecular weight excluding hydrogens is 222 g/mol. The molecular formula is C12H16ClN3. The summed E-state index contributed by atoms with van der Waals surface area (Å²) in [5.41, 5.74) is 2.12. The zero-order valence-electron chi connectivity index (χ0n) is 9.79. The van der Waals surface area contributed by atoms with Crippen molar-refractivity contribution in [2.75, 3.05) is 7.05 Å². The topological polar surface area (TPSA) is 29.9 Å². The quantitative estimate of drug-likeness (QED) is 0.890. The highest BCUT2D eigenvalue weighted by molar-refractivity contribution is 6.35. The molecule has 0 saturated carbocycles. The van der Waals surface area contributed by atoms with Crippen molar-refractivity contribution in [3.05, 3.63) is 28.9 Å². The monoisotopic (exact) mass is 237 g/mol. The number of halogens is 1. The van der Waals surface area contributed by atoms with Crippen LogP contribution in [0.5, 0.6) is 0 Å². The standard InChI is InChI=1S/C12H16ClN3/c1-8(2)16-11(7-14-3)12-9(13)5-4-6-10(12)15-16/h4-6,8,14H,7H2,1-3H3. The number of rotatable bonds is 3. The van der Waals surface area contributed by atoms with Crippen molar-refractivity contribution < 1.29 is 0 Å². The van der Waals surface area contributed by atoms with Crippen molar-refractivity contribution in [1.82, 2.24) is 15.1 Å². The second kappa shape index (κ2) is 4.44. The predicted molar refractivity (Wildman–Crippen MR) is 67.9 cm³/mol. The van der Waals surface area contributed by atoms with Gasteiger partial charge < -0.3 is 5.32 Å². The Labute approximate surface area is 100 Å². The van der Waals surface area contributed by atoms with Crippen molar-refractivity contribution in [3.8, 4) is 0 Å². The summed E-state index contributed by atoms with van der Waals surface area (Å²) in [4.78, 5) is 0. The Hall–Kier alpha value is -1.06. The minimum atomic E-state index is 0.340. The molecule has 1 aromatic carbocycles. The summed E-state index contributed by atoms with van der Waals surface area (Å²) < 4.78 is 2.03. The molecule has 2 rings (SSSR count). The normalized spacial score (nSPS) is 11.6. The second-order valence-electron chi connectivity index (χ2n) is 4.15. The average Bonchev–Trinajstić information content (AvgIpc) is 2.59. The highest BCUT2D eigenvalue weighted by Gasteiger charge is 2.14. The first-order valence-electron chi connectivity index (χ1n) is 5.45. The van der Waals surface area contributed by atoms with Crippen LogP contribution in [0, 0.1) is 0 Å². The minimum absolute atomic E-state index is 0.340. The van der Waals surface area contributed by atoms with Gasteiger partial charge in [0.15, 0.2) is 0 Å². The van der Waals surface area contributed by atoms with Crippen LogP contribution in [0.3, 0.4) is 0 Å². The fourth-order valence-electron chi connectivity index (χ4n) is 1.94. The lowest BCUT2D eigenvalue weighted by Crippen LogP contribution is -2.14. The van der Waals surface area contributed by atoms with Crippen molar-refractivity contribution in [3.63, 3.8) is 0 Å². The van der Waals surface area contributed by atoms with Gasteiger partial charge in [0.05, 0.1) is 16.2 Å². The van der Waals surface area contributed by atoms with Crippen LogP contribution >= 0.6 is 11.6 Å². The van der Waals surface area contributed by atoms with Crippen molar-refractivity contribution in [2.24, 2.45) is 0 Å². The van der Waals surface area contributed by atoms with E-state index in [9.17, 15) is 0 Å². The Kier molecular flexibility index (Phi) is 3.17. The lowest BCUT2D eigenvalue weighted by atomic mass is 10.2. The highest BCUT2D eigenvalue weighted by Crippen LogP contribution is 2.28. The molecule has 3 nitrogen and oxygen atoms in total. The van der Waals surface area contributed by atoms with Gasteiger partial charge in [-0.15, -0.1) is 0 Å². The summed E-state index contributed by atoms with van der Waals surface area (Å²) in [6.07, 6.45) is 0. The van der Waals surface area contributed by atoms with Crippen LogP contribution in [0.1, 0.15) is 25.6 Å². The Morgan fingerprint density at radius 3 is 2.81 bits per heavy atom. The molecule has 0 fully saturated rings. The summed E-state index contributed by atoms with van der Waals surface area (Å²) in [7, 11) is 1.93. The Balaban J connectivity index is 2.72. The third kappa shape index (κ3) is 1.81. The third-order valence-electron chi connectivity index (χ3n) is 2.61. The van der Waals surface area contributed by atoms with E-state index in [1.807, 2.05) is 29.9 Å². The molecule has 0 spiro atoms. The van der Waals surface area contributed by atoms with Gasteiger partial charge in [0.1, 0.15) is 0 Å². The van der Waals surface area contributed by atoms with Gasteiger partial charge in [0.2, 0.25) is 0 Å². The molecule has 0 saturated heterocycles. The van der Waals surface area contributed by atoms with Crippen LogP contribution in [0.15, 0.2) is 18.2 Å². The van der Waals surface area contributed by atoms with E-state index in [0.717, 1.165) is 28.2 Å².